The molecule has 0 unspecified atom stereocenters. The van der Waals surface area contributed by atoms with Crippen LogP contribution < -0.4 is 5.63 Å². The van der Waals surface area contributed by atoms with Gasteiger partial charge in [0.15, 0.2) is 0 Å². The highest BCUT2D eigenvalue weighted by atomic mass is 35.5. The number of fused-ring (bicyclic) bond motifs is 1. The molecule has 1 aromatic heterocycles. The van der Waals surface area contributed by atoms with Crippen molar-refractivity contribution in [1.29, 1.82) is 0 Å². The Morgan fingerprint density at radius 3 is 2.42 bits per heavy atom. The highest BCUT2D eigenvalue weighted by Crippen LogP contribution is 2.37. The Labute approximate surface area is 197 Å². The van der Waals surface area contributed by atoms with E-state index in [-0.39, 0.29) is 18.5 Å². The fourth-order valence-corrected chi connectivity index (χ4v) is 4.83. The van der Waals surface area contributed by atoms with Gasteiger partial charge in [0.25, 0.3) is 0 Å². The number of ether oxygens (including phenoxy) is 1. The number of hydrogen-bond donors (Lipinski definition) is 0. The van der Waals surface area contributed by atoms with Crippen LogP contribution in [-0.2, 0) is 32.8 Å². The molecule has 0 spiro atoms. The van der Waals surface area contributed by atoms with Gasteiger partial charge in [-0.3, -0.25) is 9.59 Å². The van der Waals surface area contributed by atoms with E-state index in [0.717, 1.165) is 11.1 Å². The second-order valence-electron chi connectivity index (χ2n) is 8.41. The van der Waals surface area contributed by atoms with Crippen molar-refractivity contribution >= 4 is 34.4 Å². The fourth-order valence-electron chi connectivity index (χ4n) is 4.53. The van der Waals surface area contributed by atoms with Crippen LogP contribution in [0.1, 0.15) is 43.4 Å². The van der Waals surface area contributed by atoms with Gasteiger partial charge in [-0.05, 0) is 42.5 Å². The van der Waals surface area contributed by atoms with Gasteiger partial charge in [-0.25, -0.2) is 4.79 Å². The Bertz CT molecular complexity index is 1240. The van der Waals surface area contributed by atoms with Crippen LogP contribution in [0, 0.1) is 0 Å². The Hall–Kier alpha value is -3.12. The van der Waals surface area contributed by atoms with E-state index < -0.39 is 11.0 Å². The normalized spacial score (nSPS) is 15.4. The molecule has 3 aromatic rings. The summed E-state index contributed by atoms with van der Waals surface area (Å²) >= 11 is 6.38. The number of benzene rings is 2. The third-order valence-electron chi connectivity index (χ3n) is 6.52. The third-order valence-corrected chi connectivity index (χ3v) is 6.87. The molecule has 33 heavy (non-hydrogen) atoms. The summed E-state index contributed by atoms with van der Waals surface area (Å²) in [6.45, 7) is 4.39. The van der Waals surface area contributed by atoms with Gasteiger partial charge in [0.05, 0.1) is 5.41 Å². The largest absolute Gasteiger partial charge is 0.460 e. The monoisotopic (exact) mass is 467 g/mol. The zero-order valence-corrected chi connectivity index (χ0v) is 19.5. The lowest BCUT2D eigenvalue weighted by Crippen LogP contribution is -2.49. The molecule has 0 bridgehead atoms. The average Bonchev–Trinajstić information content (AvgIpc) is 2.82. The maximum atomic E-state index is 13.5. The van der Waals surface area contributed by atoms with Crippen molar-refractivity contribution in [3.8, 4) is 0 Å². The van der Waals surface area contributed by atoms with Gasteiger partial charge in [-0.15, -0.1) is 0 Å². The molecule has 7 heteroatoms. The van der Waals surface area contributed by atoms with Crippen molar-refractivity contribution in [1.82, 2.24) is 4.90 Å². The number of hydrogen-bond acceptors (Lipinski definition) is 5. The van der Waals surface area contributed by atoms with Crippen LogP contribution in [0.3, 0.4) is 0 Å². The molecule has 0 radical (unpaired) electrons. The Balaban J connectivity index is 1.64. The molecular formula is C26H26ClNO5. The van der Waals surface area contributed by atoms with E-state index in [2.05, 4.69) is 0 Å². The molecule has 2 aromatic carbocycles. The highest BCUT2D eigenvalue weighted by Gasteiger charge is 2.44. The van der Waals surface area contributed by atoms with Crippen LogP contribution in [0.2, 0.25) is 5.02 Å². The van der Waals surface area contributed by atoms with Crippen LogP contribution in [-0.4, -0.2) is 29.9 Å². The number of rotatable bonds is 5. The lowest BCUT2D eigenvalue weighted by molar-refractivity contribution is -0.155. The van der Waals surface area contributed by atoms with Crippen molar-refractivity contribution in [3.63, 3.8) is 0 Å². The van der Waals surface area contributed by atoms with E-state index in [1.54, 1.807) is 17.0 Å². The van der Waals surface area contributed by atoms with Crippen molar-refractivity contribution < 1.29 is 18.7 Å². The number of carbonyl (C=O) groups is 2. The molecule has 1 amide bonds. The molecule has 0 atom stereocenters. The Morgan fingerprint density at radius 2 is 1.79 bits per heavy atom. The van der Waals surface area contributed by atoms with Crippen LogP contribution in [0.5, 0.6) is 0 Å². The van der Waals surface area contributed by atoms with Crippen molar-refractivity contribution in [2.75, 3.05) is 13.1 Å². The molecule has 1 aliphatic rings. The van der Waals surface area contributed by atoms with Gasteiger partial charge < -0.3 is 14.1 Å². The molecule has 2 heterocycles. The van der Waals surface area contributed by atoms with E-state index in [1.165, 1.54) is 13.0 Å². The van der Waals surface area contributed by atoms with Crippen LogP contribution >= 0.6 is 11.6 Å². The summed E-state index contributed by atoms with van der Waals surface area (Å²) in [5.41, 5.74) is 1.35. The average molecular weight is 468 g/mol. The minimum Gasteiger partial charge on any atom is -0.460 e. The van der Waals surface area contributed by atoms with Crippen LogP contribution in [0.15, 0.2) is 57.7 Å². The Kier molecular flexibility index (Phi) is 6.56. The summed E-state index contributed by atoms with van der Waals surface area (Å²) < 4.78 is 11.2. The fraction of sp³-hybridized carbons (Fsp3) is 0.346. The highest BCUT2D eigenvalue weighted by molar-refractivity contribution is 6.32. The first-order valence-electron chi connectivity index (χ1n) is 11.1. The zero-order chi connectivity index (χ0) is 23.6. The molecule has 1 fully saturated rings. The molecule has 6 nitrogen and oxygen atoms in total. The third kappa shape index (κ3) is 4.53. The van der Waals surface area contributed by atoms with E-state index >= 15 is 0 Å². The van der Waals surface area contributed by atoms with Crippen molar-refractivity contribution in [2.24, 2.45) is 0 Å². The predicted molar refractivity (Wildman–Crippen MR) is 126 cm³/mol. The smallest absolute Gasteiger partial charge is 0.336 e. The molecule has 0 aliphatic carbocycles. The van der Waals surface area contributed by atoms with Crippen LogP contribution in [0.25, 0.3) is 11.0 Å². The maximum Gasteiger partial charge on any atom is 0.336 e. The van der Waals surface area contributed by atoms with Gasteiger partial charge in [-0.1, -0.05) is 48.9 Å². The molecule has 0 N–H and O–H groups in total. The standard InChI is InChI=1S/C26H26ClNO5/c1-3-18-13-23-21(15-22(18)27)19(14-24(30)33-23)16-32-25(31)26(20-7-5-4-6-8-20)9-11-28(12-10-26)17(2)29/h4-8,13-15H,3,9-12,16H2,1-2H3. The predicted octanol–water partition coefficient (Wildman–Crippen LogP) is 4.63. The number of carbonyl (C=O) groups excluding carboxylic acids is 2. The maximum absolute atomic E-state index is 13.5. The van der Waals surface area contributed by atoms with Gasteiger partial charge in [0.2, 0.25) is 5.91 Å². The second kappa shape index (κ2) is 9.40. The summed E-state index contributed by atoms with van der Waals surface area (Å²) in [7, 11) is 0. The SMILES string of the molecule is CCc1cc2oc(=O)cc(COC(=O)C3(c4ccccc4)CCN(C(C)=O)CC3)c2cc1Cl. The number of likely N-dealkylation sites (tertiary alicyclic amines) is 1. The molecule has 4 rings (SSSR count). The molecule has 0 saturated carbocycles. The van der Waals surface area contributed by atoms with E-state index in [4.69, 9.17) is 20.8 Å². The number of aryl methyl sites for hydroxylation is 1. The molecule has 172 valence electrons. The number of nitrogens with zero attached hydrogens (tertiary/aromatic N) is 1. The van der Waals surface area contributed by atoms with Crippen LogP contribution in [0.4, 0.5) is 0 Å². The number of piperidine rings is 1. The number of halogens is 1. The minimum atomic E-state index is -0.852. The zero-order valence-electron chi connectivity index (χ0n) is 18.7. The van der Waals surface area contributed by atoms with Gasteiger partial charge in [-0.2, -0.15) is 0 Å². The van der Waals surface area contributed by atoms with Gasteiger partial charge >= 0.3 is 11.6 Å². The minimum absolute atomic E-state index is 0.00385. The topological polar surface area (TPSA) is 76.8 Å². The number of esters is 1. The summed E-state index contributed by atoms with van der Waals surface area (Å²) in [4.78, 5) is 39.2. The lowest BCUT2D eigenvalue weighted by atomic mass is 9.72. The molecular weight excluding hydrogens is 442 g/mol. The lowest BCUT2D eigenvalue weighted by Gasteiger charge is -2.40. The quantitative estimate of drug-likeness (QED) is 0.404. The summed E-state index contributed by atoms with van der Waals surface area (Å²) in [6.07, 6.45) is 1.64. The van der Waals surface area contributed by atoms with E-state index in [0.29, 0.717) is 53.9 Å². The first kappa shape index (κ1) is 23.1. The first-order chi connectivity index (χ1) is 15.8. The molecule has 1 aliphatic heterocycles. The van der Waals surface area contributed by atoms with Crippen molar-refractivity contribution in [3.05, 3.63) is 80.7 Å². The molecule has 1 saturated heterocycles. The first-order valence-corrected chi connectivity index (χ1v) is 11.5. The summed E-state index contributed by atoms with van der Waals surface area (Å²) in [5, 5.41) is 1.22. The van der Waals surface area contributed by atoms with Crippen molar-refractivity contribution in [2.45, 2.75) is 45.1 Å². The van der Waals surface area contributed by atoms with E-state index in [9.17, 15) is 14.4 Å². The number of amides is 1. The van der Waals surface area contributed by atoms with Gasteiger partial charge in [0.1, 0.15) is 12.2 Å². The summed E-state index contributed by atoms with van der Waals surface area (Å²) in [6, 6.07) is 14.4. The van der Waals surface area contributed by atoms with E-state index in [1.807, 2.05) is 37.3 Å². The Morgan fingerprint density at radius 1 is 1.09 bits per heavy atom. The second-order valence-corrected chi connectivity index (χ2v) is 8.82. The van der Waals surface area contributed by atoms with Gasteiger partial charge in [0, 0.05) is 42.1 Å². The summed E-state index contributed by atoms with van der Waals surface area (Å²) in [5.74, 6) is -0.370.